The van der Waals surface area contributed by atoms with E-state index in [9.17, 15) is 5.11 Å². The molecule has 112 valence electrons. The molecule has 0 spiro atoms. The molecule has 0 aromatic heterocycles. The minimum Gasteiger partial charge on any atom is -0.395 e. The Labute approximate surface area is 126 Å². The van der Waals surface area contributed by atoms with Crippen LogP contribution in [0.25, 0.3) is 0 Å². The normalized spacial score (nSPS) is 15.4. The van der Waals surface area contributed by atoms with E-state index in [-0.39, 0.29) is 12.1 Å². The van der Waals surface area contributed by atoms with E-state index < -0.39 is 0 Å². The Hall–Kier alpha value is -0.770. The van der Waals surface area contributed by atoms with Crippen LogP contribution in [-0.4, -0.2) is 29.8 Å². The maximum Gasteiger partial charge on any atom is 0.0606 e. The minimum atomic E-state index is 0.0704. The van der Waals surface area contributed by atoms with E-state index in [1.807, 2.05) is 12.1 Å². The zero-order chi connectivity index (χ0) is 14.8. The van der Waals surface area contributed by atoms with Crippen molar-refractivity contribution in [2.45, 2.75) is 51.7 Å². The molecule has 0 amide bonds. The van der Waals surface area contributed by atoms with E-state index in [0.29, 0.717) is 12.6 Å². The van der Waals surface area contributed by atoms with Gasteiger partial charge in [-0.2, -0.15) is 0 Å². The van der Waals surface area contributed by atoms with Crippen molar-refractivity contribution in [2.75, 3.05) is 18.1 Å². The van der Waals surface area contributed by atoms with Gasteiger partial charge in [-0.3, -0.25) is 0 Å². The molecule has 2 rings (SSSR count). The summed E-state index contributed by atoms with van der Waals surface area (Å²) >= 11 is 6.15. The van der Waals surface area contributed by atoms with Gasteiger partial charge in [-0.05, 0) is 57.4 Å². The molecule has 1 aliphatic carbocycles. The Morgan fingerprint density at radius 2 is 2.05 bits per heavy atom. The molecule has 0 saturated heterocycles. The van der Waals surface area contributed by atoms with Crippen LogP contribution in [0.3, 0.4) is 0 Å². The monoisotopic (exact) mass is 296 g/mol. The van der Waals surface area contributed by atoms with Crippen LogP contribution in [0.2, 0.25) is 5.02 Å². The standard InChI is InChI=1S/C16H25ClN2O/c1-16(2,3)18-11-12-10-13(17)4-7-15(12)19(8-9-20)14-5-6-14/h4,7,10,14,18,20H,5-6,8-9,11H2,1-3H3. The average molecular weight is 297 g/mol. The predicted molar refractivity (Wildman–Crippen MR) is 85.5 cm³/mol. The van der Waals surface area contributed by atoms with E-state index in [0.717, 1.165) is 11.6 Å². The number of aliphatic hydroxyl groups excluding tert-OH is 1. The first-order valence-corrected chi connectivity index (χ1v) is 7.69. The summed E-state index contributed by atoms with van der Waals surface area (Å²) in [6.45, 7) is 8.13. The molecule has 0 radical (unpaired) electrons. The molecule has 1 aliphatic rings. The lowest BCUT2D eigenvalue weighted by Crippen LogP contribution is -2.36. The summed E-state index contributed by atoms with van der Waals surface area (Å²) in [6.07, 6.45) is 2.43. The molecule has 0 heterocycles. The number of nitrogens with one attached hydrogen (secondary N) is 1. The van der Waals surface area contributed by atoms with Gasteiger partial charge in [0.15, 0.2) is 0 Å². The fourth-order valence-corrected chi connectivity index (χ4v) is 2.52. The number of benzene rings is 1. The van der Waals surface area contributed by atoms with Crippen molar-refractivity contribution in [3.63, 3.8) is 0 Å². The van der Waals surface area contributed by atoms with Crippen LogP contribution >= 0.6 is 11.6 Å². The van der Waals surface area contributed by atoms with E-state index in [2.05, 4.69) is 37.1 Å². The summed E-state index contributed by atoms with van der Waals surface area (Å²) in [4.78, 5) is 2.32. The summed E-state index contributed by atoms with van der Waals surface area (Å²) in [5.41, 5.74) is 2.47. The lowest BCUT2D eigenvalue weighted by Gasteiger charge is -2.28. The number of hydrogen-bond donors (Lipinski definition) is 2. The zero-order valence-electron chi connectivity index (χ0n) is 12.6. The SMILES string of the molecule is CC(C)(C)NCc1cc(Cl)ccc1N(CCO)C1CC1. The Balaban J connectivity index is 2.21. The third-order valence-electron chi connectivity index (χ3n) is 3.49. The van der Waals surface area contributed by atoms with Gasteiger partial charge >= 0.3 is 0 Å². The van der Waals surface area contributed by atoms with Gasteiger partial charge in [0.05, 0.1) is 6.61 Å². The highest BCUT2D eigenvalue weighted by atomic mass is 35.5. The van der Waals surface area contributed by atoms with Gasteiger partial charge in [-0.1, -0.05) is 11.6 Å². The first-order chi connectivity index (χ1) is 9.40. The van der Waals surface area contributed by atoms with Crippen LogP contribution in [0.5, 0.6) is 0 Å². The molecule has 1 aromatic rings. The van der Waals surface area contributed by atoms with Gasteiger partial charge in [0, 0.05) is 35.4 Å². The van der Waals surface area contributed by atoms with E-state index in [1.165, 1.54) is 24.1 Å². The zero-order valence-corrected chi connectivity index (χ0v) is 13.4. The molecule has 4 heteroatoms. The van der Waals surface area contributed by atoms with Gasteiger partial charge in [0.2, 0.25) is 0 Å². The smallest absolute Gasteiger partial charge is 0.0606 e. The van der Waals surface area contributed by atoms with Crippen LogP contribution in [0.4, 0.5) is 5.69 Å². The molecular formula is C16H25ClN2O. The summed E-state index contributed by atoms with van der Waals surface area (Å²) in [5, 5.41) is 13.6. The largest absolute Gasteiger partial charge is 0.395 e. The quantitative estimate of drug-likeness (QED) is 0.846. The topological polar surface area (TPSA) is 35.5 Å². The van der Waals surface area contributed by atoms with Crippen molar-refractivity contribution in [1.82, 2.24) is 5.32 Å². The van der Waals surface area contributed by atoms with Gasteiger partial charge in [0.25, 0.3) is 0 Å². The molecule has 0 atom stereocenters. The molecule has 0 unspecified atom stereocenters. The molecule has 0 bridgehead atoms. The van der Waals surface area contributed by atoms with Gasteiger partial charge in [-0.25, -0.2) is 0 Å². The second-order valence-corrected chi connectivity index (χ2v) is 6.96. The summed E-state index contributed by atoms with van der Waals surface area (Å²) in [7, 11) is 0. The number of rotatable bonds is 6. The Bertz CT molecular complexity index is 452. The molecule has 20 heavy (non-hydrogen) atoms. The molecule has 1 fully saturated rings. The first kappa shape index (κ1) is 15.6. The van der Waals surface area contributed by atoms with E-state index in [1.54, 1.807) is 0 Å². The third-order valence-corrected chi connectivity index (χ3v) is 3.72. The van der Waals surface area contributed by atoms with Crippen molar-refractivity contribution in [3.8, 4) is 0 Å². The number of halogens is 1. The van der Waals surface area contributed by atoms with Crippen LogP contribution in [0.1, 0.15) is 39.2 Å². The van der Waals surface area contributed by atoms with Crippen molar-refractivity contribution in [3.05, 3.63) is 28.8 Å². The van der Waals surface area contributed by atoms with Crippen LogP contribution in [-0.2, 0) is 6.54 Å². The van der Waals surface area contributed by atoms with Crippen molar-refractivity contribution >= 4 is 17.3 Å². The van der Waals surface area contributed by atoms with Gasteiger partial charge in [0.1, 0.15) is 0 Å². The fourth-order valence-electron chi connectivity index (χ4n) is 2.33. The van der Waals surface area contributed by atoms with E-state index >= 15 is 0 Å². The molecular weight excluding hydrogens is 272 g/mol. The van der Waals surface area contributed by atoms with Crippen molar-refractivity contribution in [1.29, 1.82) is 0 Å². The van der Waals surface area contributed by atoms with Crippen LogP contribution < -0.4 is 10.2 Å². The van der Waals surface area contributed by atoms with Crippen molar-refractivity contribution < 1.29 is 5.11 Å². The van der Waals surface area contributed by atoms with Crippen molar-refractivity contribution in [2.24, 2.45) is 0 Å². The maximum atomic E-state index is 9.30. The highest BCUT2D eigenvalue weighted by Crippen LogP contribution is 2.34. The third kappa shape index (κ3) is 4.37. The summed E-state index contributed by atoms with van der Waals surface area (Å²) in [5.74, 6) is 0. The average Bonchev–Trinajstić information content (AvgIpc) is 3.17. The molecule has 1 saturated carbocycles. The predicted octanol–water partition coefficient (Wildman–Crippen LogP) is 3.19. The summed E-state index contributed by atoms with van der Waals surface area (Å²) in [6, 6.07) is 6.62. The second kappa shape index (κ2) is 6.33. The fraction of sp³-hybridized carbons (Fsp3) is 0.625. The number of anilines is 1. The molecule has 0 aliphatic heterocycles. The minimum absolute atomic E-state index is 0.0704. The van der Waals surface area contributed by atoms with Crippen LogP contribution in [0.15, 0.2) is 18.2 Å². The van der Waals surface area contributed by atoms with E-state index in [4.69, 9.17) is 11.6 Å². The second-order valence-electron chi connectivity index (χ2n) is 6.52. The Kier molecular flexibility index (Phi) is 4.95. The highest BCUT2D eigenvalue weighted by molar-refractivity contribution is 6.30. The number of aliphatic hydroxyl groups is 1. The number of hydrogen-bond acceptors (Lipinski definition) is 3. The molecule has 2 N–H and O–H groups in total. The Morgan fingerprint density at radius 1 is 1.35 bits per heavy atom. The highest BCUT2D eigenvalue weighted by Gasteiger charge is 2.30. The molecule has 3 nitrogen and oxygen atoms in total. The molecule has 1 aromatic carbocycles. The summed E-state index contributed by atoms with van der Waals surface area (Å²) < 4.78 is 0. The maximum absolute atomic E-state index is 9.30. The lowest BCUT2D eigenvalue weighted by molar-refractivity contribution is 0.301. The van der Waals surface area contributed by atoms with Crippen LogP contribution in [0, 0.1) is 0 Å². The Morgan fingerprint density at radius 3 is 2.60 bits per heavy atom. The van der Waals surface area contributed by atoms with Gasteiger partial charge in [-0.15, -0.1) is 0 Å². The first-order valence-electron chi connectivity index (χ1n) is 7.31. The lowest BCUT2D eigenvalue weighted by atomic mass is 10.1. The number of nitrogens with zero attached hydrogens (tertiary/aromatic N) is 1. The van der Waals surface area contributed by atoms with Gasteiger partial charge < -0.3 is 15.3 Å².